The maximum atomic E-state index is 11.0. The summed E-state index contributed by atoms with van der Waals surface area (Å²) in [5, 5.41) is 1.98. The Kier molecular flexibility index (Phi) is 1.24. The molecule has 2 heterocycles. The second-order valence-corrected chi connectivity index (χ2v) is 2.46. The minimum Gasteiger partial charge on any atom is -0.383 e. The summed E-state index contributed by atoms with van der Waals surface area (Å²) in [5.74, 6) is -1.53. The van der Waals surface area contributed by atoms with Gasteiger partial charge < -0.3 is 10.7 Å². The predicted molar refractivity (Wildman–Crippen MR) is 41.1 cm³/mol. The van der Waals surface area contributed by atoms with E-state index in [2.05, 4.69) is 9.97 Å². The first kappa shape index (κ1) is 7.47. The van der Waals surface area contributed by atoms with Gasteiger partial charge in [-0.2, -0.15) is 4.98 Å². The number of amides is 2. The van der Waals surface area contributed by atoms with E-state index in [1.54, 1.807) is 0 Å². The molecule has 66 valence electrons. The first-order valence-corrected chi connectivity index (χ1v) is 3.35. The Hall–Kier alpha value is -2.18. The van der Waals surface area contributed by atoms with Crippen LogP contribution in [0.2, 0.25) is 0 Å². The first-order chi connectivity index (χ1) is 6.09. The molecule has 0 fully saturated rings. The highest BCUT2D eigenvalue weighted by atomic mass is 16.2. The topological polar surface area (TPSA) is 118 Å². The lowest BCUT2D eigenvalue weighted by atomic mass is 10.2. The molecule has 0 aromatic carbocycles. The summed E-state index contributed by atoms with van der Waals surface area (Å²) < 4.78 is 0. The molecule has 4 N–H and O–H groups in total. The number of aromatic amines is 1. The predicted octanol–water partition coefficient (Wildman–Crippen LogP) is -1.76. The lowest BCUT2D eigenvalue weighted by Crippen LogP contribution is -2.20. The van der Waals surface area contributed by atoms with Gasteiger partial charge in [0.05, 0.1) is 0 Å². The molecule has 0 radical (unpaired) electrons. The van der Waals surface area contributed by atoms with Gasteiger partial charge in [-0.1, -0.05) is 0 Å². The van der Waals surface area contributed by atoms with Crippen molar-refractivity contribution in [1.29, 1.82) is 0 Å². The molecule has 1 aliphatic heterocycles. The number of nitrogens with zero attached hydrogens (tertiary/aromatic N) is 1. The van der Waals surface area contributed by atoms with Crippen molar-refractivity contribution in [3.05, 3.63) is 21.7 Å². The van der Waals surface area contributed by atoms with Crippen molar-refractivity contribution in [2.45, 2.75) is 0 Å². The van der Waals surface area contributed by atoms with Gasteiger partial charge in [0.15, 0.2) is 0 Å². The van der Waals surface area contributed by atoms with Gasteiger partial charge >= 0.3 is 5.69 Å². The first-order valence-electron chi connectivity index (χ1n) is 3.35. The van der Waals surface area contributed by atoms with Crippen molar-refractivity contribution in [2.24, 2.45) is 0 Å². The van der Waals surface area contributed by atoms with Crippen LogP contribution in [0.4, 0.5) is 5.82 Å². The Morgan fingerprint density at radius 1 is 1.15 bits per heavy atom. The SMILES string of the molecule is Nc1nc(=O)[nH]c2c1C(=O)NC2=O. The van der Waals surface area contributed by atoms with Crippen molar-refractivity contribution < 1.29 is 9.59 Å². The summed E-state index contributed by atoms with van der Waals surface area (Å²) in [6, 6.07) is 0. The molecule has 7 nitrogen and oxygen atoms in total. The Bertz CT molecular complexity index is 475. The highest BCUT2D eigenvalue weighted by molar-refractivity contribution is 6.22. The molecular weight excluding hydrogens is 176 g/mol. The number of nitrogens with one attached hydrogen (secondary N) is 2. The van der Waals surface area contributed by atoms with Crippen LogP contribution in [0.1, 0.15) is 20.8 Å². The van der Waals surface area contributed by atoms with Crippen LogP contribution >= 0.6 is 0 Å². The van der Waals surface area contributed by atoms with E-state index >= 15 is 0 Å². The molecule has 1 aliphatic rings. The van der Waals surface area contributed by atoms with E-state index in [0.29, 0.717) is 0 Å². The number of fused-ring (bicyclic) bond motifs is 1. The monoisotopic (exact) mass is 180 g/mol. The van der Waals surface area contributed by atoms with E-state index in [4.69, 9.17) is 5.73 Å². The second-order valence-electron chi connectivity index (χ2n) is 2.46. The summed E-state index contributed by atoms with van der Waals surface area (Å²) in [5.41, 5.74) is 4.34. The van der Waals surface area contributed by atoms with E-state index in [1.165, 1.54) is 0 Å². The third-order valence-electron chi connectivity index (χ3n) is 1.64. The van der Waals surface area contributed by atoms with Crippen LogP contribution < -0.4 is 16.7 Å². The largest absolute Gasteiger partial charge is 0.383 e. The Morgan fingerprint density at radius 3 is 2.54 bits per heavy atom. The molecule has 2 amide bonds. The van der Waals surface area contributed by atoms with Crippen molar-refractivity contribution in [2.75, 3.05) is 5.73 Å². The number of nitrogen functional groups attached to an aromatic ring is 1. The Balaban J connectivity index is 2.84. The van der Waals surface area contributed by atoms with Crippen LogP contribution in [-0.4, -0.2) is 21.8 Å². The highest BCUT2D eigenvalue weighted by Crippen LogP contribution is 2.15. The van der Waals surface area contributed by atoms with Gasteiger partial charge in [-0.05, 0) is 0 Å². The van der Waals surface area contributed by atoms with E-state index < -0.39 is 17.5 Å². The third kappa shape index (κ3) is 0.901. The fourth-order valence-corrected chi connectivity index (χ4v) is 1.12. The number of H-pyrrole nitrogens is 1. The summed E-state index contributed by atoms with van der Waals surface area (Å²) in [6.45, 7) is 0. The van der Waals surface area contributed by atoms with Gasteiger partial charge in [-0.25, -0.2) is 4.79 Å². The highest BCUT2D eigenvalue weighted by Gasteiger charge is 2.30. The molecule has 0 saturated heterocycles. The van der Waals surface area contributed by atoms with Crippen molar-refractivity contribution in [3.63, 3.8) is 0 Å². The van der Waals surface area contributed by atoms with Gasteiger partial charge in [0.25, 0.3) is 11.8 Å². The van der Waals surface area contributed by atoms with Crippen molar-refractivity contribution in [1.82, 2.24) is 15.3 Å². The van der Waals surface area contributed by atoms with Crippen LogP contribution in [-0.2, 0) is 0 Å². The normalized spacial score (nSPS) is 14.2. The molecule has 0 atom stereocenters. The van der Waals surface area contributed by atoms with E-state index in [9.17, 15) is 14.4 Å². The lowest BCUT2D eigenvalue weighted by molar-refractivity contribution is 0.0878. The average Bonchev–Trinajstić information content (AvgIpc) is 2.27. The van der Waals surface area contributed by atoms with E-state index in [0.717, 1.165) is 0 Å². The molecule has 2 rings (SSSR count). The van der Waals surface area contributed by atoms with Crippen molar-refractivity contribution >= 4 is 17.6 Å². The van der Waals surface area contributed by atoms with Gasteiger partial charge in [-0.15, -0.1) is 0 Å². The minimum absolute atomic E-state index is 0.0652. The summed E-state index contributed by atoms with van der Waals surface area (Å²) in [6.07, 6.45) is 0. The number of carbonyl (C=O) groups is 2. The molecule has 0 bridgehead atoms. The molecule has 13 heavy (non-hydrogen) atoms. The van der Waals surface area contributed by atoms with Gasteiger partial charge in [-0.3, -0.25) is 14.9 Å². The number of aromatic nitrogens is 2. The van der Waals surface area contributed by atoms with Gasteiger partial charge in [0.1, 0.15) is 17.1 Å². The Labute approximate surface area is 71.0 Å². The molecule has 1 aromatic heterocycles. The van der Waals surface area contributed by atoms with Gasteiger partial charge in [0, 0.05) is 0 Å². The van der Waals surface area contributed by atoms with Crippen LogP contribution in [0.15, 0.2) is 4.79 Å². The third-order valence-corrected chi connectivity index (χ3v) is 1.64. The molecule has 7 heteroatoms. The molecule has 1 aromatic rings. The van der Waals surface area contributed by atoms with Gasteiger partial charge in [0.2, 0.25) is 0 Å². The second kappa shape index (κ2) is 2.16. The molecule has 0 aliphatic carbocycles. The number of anilines is 1. The zero-order valence-electron chi connectivity index (χ0n) is 6.25. The lowest BCUT2D eigenvalue weighted by Gasteiger charge is -1.95. The molecule has 0 saturated carbocycles. The number of nitrogens with two attached hydrogens (primary N) is 1. The maximum Gasteiger partial charge on any atom is 0.347 e. The number of carbonyl (C=O) groups excluding carboxylic acids is 2. The number of imide groups is 1. The number of hydrogen-bond acceptors (Lipinski definition) is 5. The van der Waals surface area contributed by atoms with E-state index in [-0.39, 0.29) is 17.1 Å². The standard InChI is InChI=1S/C6H4N4O3/c7-3-1-2(8-6(13)9-3)5(12)10-4(1)11/h(H,10,11,12)(H3,7,8,9,13). The van der Waals surface area contributed by atoms with Crippen LogP contribution in [0.25, 0.3) is 0 Å². The van der Waals surface area contributed by atoms with Crippen LogP contribution in [0, 0.1) is 0 Å². The number of hydrogen-bond donors (Lipinski definition) is 3. The average molecular weight is 180 g/mol. The van der Waals surface area contributed by atoms with E-state index in [1.807, 2.05) is 5.32 Å². The molecule has 0 unspecified atom stereocenters. The van der Waals surface area contributed by atoms with Crippen LogP contribution in [0.3, 0.4) is 0 Å². The minimum atomic E-state index is -0.749. The smallest absolute Gasteiger partial charge is 0.347 e. The van der Waals surface area contributed by atoms with Crippen LogP contribution in [0.5, 0.6) is 0 Å². The molecular formula is C6H4N4O3. The molecule has 0 spiro atoms. The quantitative estimate of drug-likeness (QED) is 0.408. The van der Waals surface area contributed by atoms with Crippen molar-refractivity contribution in [3.8, 4) is 0 Å². The fraction of sp³-hybridized carbons (Fsp3) is 0. The number of rotatable bonds is 0. The Morgan fingerprint density at radius 2 is 1.85 bits per heavy atom. The summed E-state index contributed by atoms with van der Waals surface area (Å²) in [7, 11) is 0. The maximum absolute atomic E-state index is 11.0. The summed E-state index contributed by atoms with van der Waals surface area (Å²) >= 11 is 0. The zero-order valence-corrected chi connectivity index (χ0v) is 6.25. The zero-order chi connectivity index (χ0) is 9.59. The fourth-order valence-electron chi connectivity index (χ4n) is 1.12. The summed E-state index contributed by atoms with van der Waals surface area (Å²) in [4.78, 5) is 38.2.